The summed E-state index contributed by atoms with van der Waals surface area (Å²) in [6.07, 6.45) is 4.27. The van der Waals surface area contributed by atoms with Crippen molar-refractivity contribution < 1.29 is 9.53 Å². The summed E-state index contributed by atoms with van der Waals surface area (Å²) in [6, 6.07) is 7.97. The molecule has 0 bridgehead atoms. The monoisotopic (exact) mass is 341 g/mol. The molecular weight excluding hydrogens is 318 g/mol. The van der Waals surface area contributed by atoms with Gasteiger partial charge in [-0.1, -0.05) is 12.1 Å². The van der Waals surface area contributed by atoms with Crippen LogP contribution in [0.25, 0.3) is 0 Å². The molecule has 1 fully saturated rings. The van der Waals surface area contributed by atoms with Gasteiger partial charge in [-0.3, -0.25) is 0 Å². The second kappa shape index (κ2) is 6.38. The van der Waals surface area contributed by atoms with E-state index in [9.17, 15) is 4.79 Å². The number of urea groups is 1. The minimum absolute atomic E-state index is 0.0692. The van der Waals surface area contributed by atoms with Crippen LogP contribution in [0.1, 0.15) is 36.5 Å². The molecule has 0 radical (unpaired) electrons. The van der Waals surface area contributed by atoms with Crippen molar-refractivity contribution in [3.8, 4) is 5.75 Å². The number of amides is 2. The minimum atomic E-state index is -0.157. The Hall–Kier alpha value is -2.57. The van der Waals surface area contributed by atoms with Gasteiger partial charge in [0, 0.05) is 24.9 Å². The lowest BCUT2D eigenvalue weighted by atomic mass is 9.96. The van der Waals surface area contributed by atoms with E-state index in [4.69, 9.17) is 4.74 Å². The van der Waals surface area contributed by atoms with Crippen molar-refractivity contribution in [1.82, 2.24) is 25.4 Å². The Labute approximate surface area is 146 Å². The Morgan fingerprint density at radius 2 is 2.04 bits per heavy atom. The van der Waals surface area contributed by atoms with Gasteiger partial charge in [0.05, 0.1) is 13.7 Å². The van der Waals surface area contributed by atoms with Crippen LogP contribution in [0.3, 0.4) is 0 Å². The number of carbonyl (C=O) groups excluding carboxylic acids is 1. The van der Waals surface area contributed by atoms with E-state index < -0.39 is 0 Å². The smallest absolute Gasteiger partial charge is 0.315 e. The van der Waals surface area contributed by atoms with E-state index in [1.165, 1.54) is 5.56 Å². The highest BCUT2D eigenvalue weighted by Crippen LogP contribution is 2.47. The van der Waals surface area contributed by atoms with Gasteiger partial charge in [-0.25, -0.2) is 4.79 Å². The van der Waals surface area contributed by atoms with Crippen molar-refractivity contribution in [2.45, 2.75) is 44.2 Å². The predicted octanol–water partition coefficient (Wildman–Crippen LogP) is 1.76. The molecule has 25 heavy (non-hydrogen) atoms. The van der Waals surface area contributed by atoms with Crippen LogP contribution >= 0.6 is 0 Å². The lowest BCUT2D eigenvalue weighted by Crippen LogP contribution is -2.39. The third-order valence-corrected chi connectivity index (χ3v) is 5.24. The number of rotatable bonds is 6. The van der Waals surface area contributed by atoms with Crippen LogP contribution in [0, 0.1) is 0 Å². The summed E-state index contributed by atoms with van der Waals surface area (Å²) in [5.74, 6) is 2.71. The molecule has 2 amide bonds. The largest absolute Gasteiger partial charge is 0.497 e. The van der Waals surface area contributed by atoms with Crippen LogP contribution in [0.2, 0.25) is 0 Å². The van der Waals surface area contributed by atoms with E-state index in [0.717, 1.165) is 49.6 Å². The number of aryl methyl sites for hydroxylation is 1. The summed E-state index contributed by atoms with van der Waals surface area (Å²) in [5.41, 5.74) is 1.32. The molecule has 7 nitrogen and oxygen atoms in total. The molecule has 1 aliphatic heterocycles. The SMILES string of the molecule is COc1ccc(C2(CNC(=O)NCc3nnc4n3CCC4)CC2)cc1. The Bertz CT molecular complexity index is 764. The molecule has 4 rings (SSSR count). The average Bonchev–Trinajstić information content (AvgIpc) is 3.11. The van der Waals surface area contributed by atoms with Crippen molar-refractivity contribution in [3.63, 3.8) is 0 Å². The number of fused-ring (bicyclic) bond motifs is 1. The van der Waals surface area contributed by atoms with Gasteiger partial charge in [0.15, 0.2) is 5.82 Å². The standard InChI is InChI=1S/C18H23N5O2/c1-25-14-6-4-13(5-7-14)18(8-9-18)12-20-17(24)19-11-16-22-21-15-3-2-10-23(15)16/h4-7H,2-3,8-12H2,1H3,(H2,19,20,24). The zero-order valence-electron chi connectivity index (χ0n) is 14.4. The van der Waals surface area contributed by atoms with Gasteiger partial charge in [0.2, 0.25) is 0 Å². The van der Waals surface area contributed by atoms with E-state index in [1.807, 2.05) is 12.1 Å². The van der Waals surface area contributed by atoms with Crippen LogP contribution in [0.5, 0.6) is 5.75 Å². The van der Waals surface area contributed by atoms with E-state index >= 15 is 0 Å². The Morgan fingerprint density at radius 1 is 1.24 bits per heavy atom. The molecule has 0 atom stereocenters. The van der Waals surface area contributed by atoms with Crippen molar-refractivity contribution >= 4 is 6.03 Å². The molecule has 2 N–H and O–H groups in total. The fourth-order valence-corrected chi connectivity index (χ4v) is 3.48. The molecule has 1 aromatic heterocycles. The Kier molecular flexibility index (Phi) is 4.07. The highest BCUT2D eigenvalue weighted by molar-refractivity contribution is 5.74. The number of carbonyl (C=O) groups is 1. The number of benzene rings is 1. The zero-order chi connectivity index (χ0) is 17.3. The minimum Gasteiger partial charge on any atom is -0.497 e. The predicted molar refractivity (Wildman–Crippen MR) is 92.5 cm³/mol. The number of methoxy groups -OCH3 is 1. The van der Waals surface area contributed by atoms with Crippen LogP contribution < -0.4 is 15.4 Å². The summed E-state index contributed by atoms with van der Waals surface area (Å²) in [6.45, 7) is 2.00. The molecule has 1 aliphatic carbocycles. The molecule has 0 unspecified atom stereocenters. The Morgan fingerprint density at radius 3 is 2.76 bits per heavy atom. The van der Waals surface area contributed by atoms with E-state index in [1.54, 1.807) is 7.11 Å². The molecule has 2 aromatic rings. The summed E-state index contributed by atoms with van der Waals surface area (Å²) >= 11 is 0. The zero-order valence-corrected chi connectivity index (χ0v) is 14.4. The number of hydrogen-bond acceptors (Lipinski definition) is 4. The third kappa shape index (κ3) is 3.18. The van der Waals surface area contributed by atoms with Gasteiger partial charge in [-0.05, 0) is 37.0 Å². The van der Waals surface area contributed by atoms with Gasteiger partial charge in [0.1, 0.15) is 11.6 Å². The third-order valence-electron chi connectivity index (χ3n) is 5.24. The molecule has 2 aliphatic rings. The number of nitrogens with zero attached hydrogens (tertiary/aromatic N) is 3. The molecule has 1 saturated carbocycles. The topological polar surface area (TPSA) is 81.1 Å². The quantitative estimate of drug-likeness (QED) is 0.839. The first-order chi connectivity index (χ1) is 12.2. The van der Waals surface area contributed by atoms with E-state index in [0.29, 0.717) is 13.1 Å². The molecule has 132 valence electrons. The van der Waals surface area contributed by atoms with Crippen molar-refractivity contribution in [2.75, 3.05) is 13.7 Å². The maximum atomic E-state index is 12.1. The normalized spacial score (nSPS) is 17.0. The highest BCUT2D eigenvalue weighted by atomic mass is 16.5. The van der Waals surface area contributed by atoms with Gasteiger partial charge in [-0.2, -0.15) is 0 Å². The molecule has 0 saturated heterocycles. The van der Waals surface area contributed by atoms with Crippen molar-refractivity contribution in [3.05, 3.63) is 41.5 Å². The van der Waals surface area contributed by atoms with Crippen LogP contribution in [0.15, 0.2) is 24.3 Å². The first kappa shape index (κ1) is 15.9. The average molecular weight is 341 g/mol. The Balaban J connectivity index is 1.29. The van der Waals surface area contributed by atoms with E-state index in [2.05, 4.69) is 37.5 Å². The highest BCUT2D eigenvalue weighted by Gasteiger charge is 2.44. The van der Waals surface area contributed by atoms with Crippen molar-refractivity contribution in [1.29, 1.82) is 0 Å². The van der Waals surface area contributed by atoms with Crippen LogP contribution in [-0.2, 0) is 24.9 Å². The number of nitrogens with one attached hydrogen (secondary N) is 2. The van der Waals surface area contributed by atoms with Gasteiger partial charge < -0.3 is 19.9 Å². The maximum Gasteiger partial charge on any atom is 0.315 e. The second-order valence-corrected chi connectivity index (χ2v) is 6.83. The molecular formula is C18H23N5O2. The molecule has 7 heteroatoms. The maximum absolute atomic E-state index is 12.1. The van der Waals surface area contributed by atoms with E-state index in [-0.39, 0.29) is 11.4 Å². The first-order valence-electron chi connectivity index (χ1n) is 8.77. The fraction of sp³-hybridized carbons (Fsp3) is 0.500. The lowest BCUT2D eigenvalue weighted by Gasteiger charge is -2.17. The van der Waals surface area contributed by atoms with Crippen LogP contribution in [0.4, 0.5) is 4.79 Å². The fourth-order valence-electron chi connectivity index (χ4n) is 3.48. The van der Waals surface area contributed by atoms with Crippen LogP contribution in [-0.4, -0.2) is 34.5 Å². The van der Waals surface area contributed by atoms with Crippen molar-refractivity contribution in [2.24, 2.45) is 0 Å². The summed E-state index contributed by atoms with van der Waals surface area (Å²) in [7, 11) is 1.67. The first-order valence-corrected chi connectivity index (χ1v) is 8.77. The molecule has 0 spiro atoms. The number of aromatic nitrogens is 3. The lowest BCUT2D eigenvalue weighted by molar-refractivity contribution is 0.239. The van der Waals surface area contributed by atoms with Gasteiger partial charge >= 0.3 is 6.03 Å². The summed E-state index contributed by atoms with van der Waals surface area (Å²) < 4.78 is 7.30. The van der Waals surface area contributed by atoms with Gasteiger partial charge in [-0.15, -0.1) is 10.2 Å². The second-order valence-electron chi connectivity index (χ2n) is 6.83. The summed E-state index contributed by atoms with van der Waals surface area (Å²) in [5, 5.41) is 14.2. The number of hydrogen-bond donors (Lipinski definition) is 2. The van der Waals surface area contributed by atoms with Gasteiger partial charge in [0.25, 0.3) is 0 Å². The summed E-state index contributed by atoms with van der Waals surface area (Å²) in [4.78, 5) is 12.1. The molecule has 2 heterocycles. The number of ether oxygens (including phenoxy) is 1. The molecule has 1 aromatic carbocycles.